The number of phosphoric ester groups is 2. The van der Waals surface area contributed by atoms with Crippen molar-refractivity contribution in [2.24, 2.45) is 23.7 Å². The average molecular weight is 1340 g/mol. The van der Waals surface area contributed by atoms with Crippen LogP contribution >= 0.6 is 15.6 Å². The molecule has 17 nitrogen and oxygen atoms in total. The normalized spacial score (nSPS) is 14.5. The number of aliphatic hydroxyl groups excluding tert-OH is 1. The molecule has 0 heterocycles. The van der Waals surface area contributed by atoms with Crippen LogP contribution in [0.1, 0.15) is 357 Å². The molecule has 0 rings (SSSR count). The van der Waals surface area contributed by atoms with Crippen LogP contribution in [0.5, 0.6) is 0 Å². The number of esters is 4. The van der Waals surface area contributed by atoms with Gasteiger partial charge in [0.25, 0.3) is 0 Å². The fourth-order valence-electron chi connectivity index (χ4n) is 10.8. The lowest BCUT2D eigenvalue weighted by Crippen LogP contribution is -2.30. The van der Waals surface area contributed by atoms with Crippen molar-refractivity contribution in [3.63, 3.8) is 0 Å². The molecule has 0 aromatic rings. The lowest BCUT2D eigenvalue weighted by molar-refractivity contribution is -0.161. The van der Waals surface area contributed by atoms with Gasteiger partial charge < -0.3 is 33.8 Å². The Hall–Kier alpha value is -1.94. The van der Waals surface area contributed by atoms with E-state index in [1.807, 2.05) is 0 Å². The van der Waals surface area contributed by atoms with E-state index in [1.165, 1.54) is 148 Å². The first-order valence-corrected chi connectivity index (χ1v) is 40.2. The van der Waals surface area contributed by atoms with Crippen LogP contribution < -0.4 is 0 Å². The van der Waals surface area contributed by atoms with Gasteiger partial charge in [-0.05, 0) is 49.4 Å². The third-order valence-corrected chi connectivity index (χ3v) is 18.8. The molecule has 0 saturated carbocycles. The van der Waals surface area contributed by atoms with Gasteiger partial charge in [0.1, 0.15) is 19.3 Å². The molecule has 6 atom stereocenters. The molecule has 0 aliphatic heterocycles. The SMILES string of the molecule is CCC(C)CCCCCCCCC(=O)OC[C@H](COP(=O)(O)OC[C@H](O)COP(=O)(O)OC[C@@H](COC(=O)CCCCCCCCCC(C)C)OC(=O)CCCCCCCCCCCCCCCCC(C)C)OC(=O)CCCCCCCCCCCCCC(C)C. The molecule has 0 aromatic heterocycles. The van der Waals surface area contributed by atoms with Crippen molar-refractivity contribution >= 4 is 39.5 Å². The van der Waals surface area contributed by atoms with Gasteiger partial charge in [0.15, 0.2) is 12.2 Å². The molecule has 0 spiro atoms. The van der Waals surface area contributed by atoms with E-state index < -0.39 is 97.5 Å². The molecular formula is C72H140O17P2. The lowest BCUT2D eigenvalue weighted by atomic mass is 10.00. The molecule has 91 heavy (non-hydrogen) atoms. The fraction of sp³-hybridized carbons (Fsp3) is 0.944. The van der Waals surface area contributed by atoms with Crippen LogP contribution in [-0.4, -0.2) is 96.7 Å². The molecule has 0 aliphatic carbocycles. The van der Waals surface area contributed by atoms with Gasteiger partial charge in [0, 0.05) is 25.7 Å². The second-order valence-corrected chi connectivity index (χ2v) is 30.6. The second-order valence-electron chi connectivity index (χ2n) is 27.6. The Bertz CT molecular complexity index is 1800. The van der Waals surface area contributed by atoms with Crippen LogP contribution in [0.3, 0.4) is 0 Å². The van der Waals surface area contributed by atoms with Gasteiger partial charge in [0.05, 0.1) is 26.4 Å². The van der Waals surface area contributed by atoms with E-state index in [4.69, 9.17) is 37.0 Å². The van der Waals surface area contributed by atoms with Crippen LogP contribution in [0.2, 0.25) is 0 Å². The predicted octanol–water partition coefficient (Wildman–Crippen LogP) is 20.5. The first-order valence-electron chi connectivity index (χ1n) is 37.2. The van der Waals surface area contributed by atoms with Crippen molar-refractivity contribution in [1.82, 2.24) is 0 Å². The molecule has 0 aromatic carbocycles. The monoisotopic (exact) mass is 1340 g/mol. The molecule has 540 valence electrons. The average Bonchev–Trinajstić information content (AvgIpc) is 3.67. The maximum Gasteiger partial charge on any atom is 0.472 e. The molecule has 19 heteroatoms. The topological polar surface area (TPSA) is 237 Å². The van der Waals surface area contributed by atoms with Crippen molar-refractivity contribution in [2.75, 3.05) is 39.6 Å². The summed E-state index contributed by atoms with van der Waals surface area (Å²) in [6.07, 6.45) is 44.5. The van der Waals surface area contributed by atoms with Gasteiger partial charge in [-0.2, -0.15) is 0 Å². The zero-order valence-corrected chi connectivity index (χ0v) is 61.3. The molecule has 0 bridgehead atoms. The maximum atomic E-state index is 13.0. The van der Waals surface area contributed by atoms with E-state index in [9.17, 15) is 43.2 Å². The number of phosphoric acid groups is 2. The quantitative estimate of drug-likeness (QED) is 0.0222. The number of hydrogen-bond donors (Lipinski definition) is 3. The zero-order valence-electron chi connectivity index (χ0n) is 59.5. The number of aliphatic hydroxyl groups is 1. The van der Waals surface area contributed by atoms with Crippen molar-refractivity contribution in [2.45, 2.75) is 375 Å². The highest BCUT2D eigenvalue weighted by Gasteiger charge is 2.30. The second kappa shape index (κ2) is 61.6. The van der Waals surface area contributed by atoms with Gasteiger partial charge in [-0.15, -0.1) is 0 Å². The van der Waals surface area contributed by atoms with Crippen LogP contribution in [0.4, 0.5) is 0 Å². The molecule has 3 N–H and O–H groups in total. The first-order chi connectivity index (χ1) is 43.6. The Morgan fingerprint density at radius 3 is 0.780 bits per heavy atom. The van der Waals surface area contributed by atoms with Crippen molar-refractivity contribution in [1.29, 1.82) is 0 Å². The largest absolute Gasteiger partial charge is 0.472 e. The van der Waals surface area contributed by atoms with Crippen LogP contribution in [0.25, 0.3) is 0 Å². The minimum Gasteiger partial charge on any atom is -0.462 e. The van der Waals surface area contributed by atoms with E-state index in [0.717, 1.165) is 120 Å². The number of rotatable bonds is 69. The number of carbonyl (C=O) groups is 4. The highest BCUT2D eigenvalue weighted by Crippen LogP contribution is 2.45. The van der Waals surface area contributed by atoms with Crippen molar-refractivity contribution < 1.29 is 80.2 Å². The summed E-state index contributed by atoms with van der Waals surface area (Å²) in [5, 5.41) is 10.6. The summed E-state index contributed by atoms with van der Waals surface area (Å²) in [7, 11) is -9.91. The van der Waals surface area contributed by atoms with Crippen molar-refractivity contribution in [3.8, 4) is 0 Å². The Kier molecular flexibility index (Phi) is 60.3. The van der Waals surface area contributed by atoms with Gasteiger partial charge >= 0.3 is 39.5 Å². The molecule has 0 saturated heterocycles. The molecular weight excluding hydrogens is 1200 g/mol. The molecule has 0 amide bonds. The maximum absolute atomic E-state index is 13.0. The van der Waals surface area contributed by atoms with Gasteiger partial charge in [-0.1, -0.05) is 306 Å². The Morgan fingerprint density at radius 2 is 0.527 bits per heavy atom. The Labute approximate surface area is 556 Å². The lowest BCUT2D eigenvalue weighted by Gasteiger charge is -2.21. The fourth-order valence-corrected chi connectivity index (χ4v) is 12.4. The van der Waals surface area contributed by atoms with Crippen LogP contribution in [-0.2, 0) is 65.4 Å². The number of carbonyl (C=O) groups excluding carboxylic acids is 4. The minimum absolute atomic E-state index is 0.105. The summed E-state index contributed by atoms with van der Waals surface area (Å²) in [4.78, 5) is 72.6. The number of unbranched alkanes of at least 4 members (excludes halogenated alkanes) is 34. The molecule has 3 unspecified atom stereocenters. The molecule has 0 aliphatic rings. The smallest absolute Gasteiger partial charge is 0.462 e. The summed E-state index contributed by atoms with van der Waals surface area (Å²) in [5.41, 5.74) is 0. The summed E-state index contributed by atoms with van der Waals surface area (Å²) >= 11 is 0. The van der Waals surface area contributed by atoms with E-state index >= 15 is 0 Å². The summed E-state index contributed by atoms with van der Waals surface area (Å²) in [6.45, 7) is 14.1. The Morgan fingerprint density at radius 1 is 0.308 bits per heavy atom. The zero-order chi connectivity index (χ0) is 67.5. The standard InChI is InChI=1S/C72H140O17P2/c1-9-65(8)51-43-35-30-31-37-45-53-70(75)83-59-68(89-72(77)55-47-39-28-22-18-14-16-20-25-33-41-49-63(4)5)61-87-91(80,81)85-57-66(73)56-84-90(78,79)86-60-67(58-82-69(74)52-44-36-29-23-26-34-42-50-64(6)7)88-71(76)54-46-38-27-21-17-13-11-10-12-15-19-24-32-40-48-62(2)3/h62-68,73H,9-61H2,1-8H3,(H,78,79)(H,80,81)/t65?,66-,67-,68-/m1/s1. The van der Waals surface area contributed by atoms with E-state index in [1.54, 1.807) is 0 Å². The predicted molar refractivity (Wildman–Crippen MR) is 367 cm³/mol. The van der Waals surface area contributed by atoms with E-state index in [2.05, 4.69) is 55.4 Å². The Balaban J connectivity index is 5.24. The summed E-state index contributed by atoms with van der Waals surface area (Å²) in [6, 6.07) is 0. The van der Waals surface area contributed by atoms with Gasteiger partial charge in [0.2, 0.25) is 0 Å². The van der Waals surface area contributed by atoms with E-state index in [0.29, 0.717) is 31.6 Å². The third-order valence-electron chi connectivity index (χ3n) is 16.9. The summed E-state index contributed by atoms with van der Waals surface area (Å²) in [5.74, 6) is 0.868. The third kappa shape index (κ3) is 65.1. The van der Waals surface area contributed by atoms with Gasteiger partial charge in [-0.25, -0.2) is 9.13 Å². The highest BCUT2D eigenvalue weighted by atomic mass is 31.2. The van der Waals surface area contributed by atoms with Crippen LogP contribution in [0.15, 0.2) is 0 Å². The number of hydrogen-bond acceptors (Lipinski definition) is 15. The molecule has 0 fully saturated rings. The van der Waals surface area contributed by atoms with E-state index in [-0.39, 0.29) is 25.7 Å². The van der Waals surface area contributed by atoms with Gasteiger partial charge in [-0.3, -0.25) is 37.3 Å². The first kappa shape index (κ1) is 89.1. The van der Waals surface area contributed by atoms with Crippen molar-refractivity contribution in [3.05, 3.63) is 0 Å². The number of ether oxygens (including phenoxy) is 4. The summed E-state index contributed by atoms with van der Waals surface area (Å²) < 4.78 is 68.3. The minimum atomic E-state index is -4.95. The van der Waals surface area contributed by atoms with Crippen LogP contribution in [0, 0.1) is 23.7 Å². The molecule has 0 radical (unpaired) electrons. The highest BCUT2D eigenvalue weighted by molar-refractivity contribution is 7.47.